The van der Waals surface area contributed by atoms with E-state index < -0.39 is 0 Å². The summed E-state index contributed by atoms with van der Waals surface area (Å²) < 4.78 is 0. The van der Waals surface area contributed by atoms with E-state index in [2.05, 4.69) is 10.3 Å². The average molecular weight is 282 g/mol. The number of likely N-dealkylation sites (tertiary alicyclic amines) is 1. The van der Waals surface area contributed by atoms with Crippen molar-refractivity contribution < 1.29 is 9.59 Å². The van der Waals surface area contributed by atoms with E-state index in [9.17, 15) is 9.59 Å². The smallest absolute Gasteiger partial charge is 0.248 e. The first-order chi connectivity index (χ1) is 9.22. The second kappa shape index (κ2) is 6.63. The van der Waals surface area contributed by atoms with Gasteiger partial charge in [0.25, 0.3) is 0 Å². The Morgan fingerprint density at radius 1 is 1.58 bits per heavy atom. The van der Waals surface area contributed by atoms with Crippen molar-refractivity contribution in [2.24, 2.45) is 5.73 Å². The lowest BCUT2D eigenvalue weighted by Gasteiger charge is -2.23. The van der Waals surface area contributed by atoms with Crippen LogP contribution in [0.4, 0.5) is 5.13 Å². The number of hydrogen-bond donors (Lipinski definition) is 2. The van der Waals surface area contributed by atoms with Gasteiger partial charge in [-0.15, -0.1) is 11.3 Å². The number of aromatic nitrogens is 1. The van der Waals surface area contributed by atoms with E-state index in [-0.39, 0.29) is 17.9 Å². The number of thiazole rings is 1. The summed E-state index contributed by atoms with van der Waals surface area (Å²) in [5, 5.41) is 5.13. The second-order valence-electron chi connectivity index (χ2n) is 4.46. The molecule has 0 aliphatic carbocycles. The SMILES string of the molecule is NCCCC(=O)N1CCCC1C(=O)Nc1nccs1. The summed E-state index contributed by atoms with van der Waals surface area (Å²) in [5.74, 6) is -0.129. The minimum atomic E-state index is -0.367. The summed E-state index contributed by atoms with van der Waals surface area (Å²) in [6, 6.07) is -0.367. The molecule has 1 aliphatic rings. The third kappa shape index (κ3) is 3.51. The van der Waals surface area contributed by atoms with Crippen molar-refractivity contribution in [1.82, 2.24) is 9.88 Å². The fourth-order valence-corrected chi connectivity index (χ4v) is 2.74. The molecule has 1 fully saturated rings. The Morgan fingerprint density at radius 2 is 2.42 bits per heavy atom. The molecule has 1 unspecified atom stereocenters. The van der Waals surface area contributed by atoms with Gasteiger partial charge in [-0.05, 0) is 25.8 Å². The van der Waals surface area contributed by atoms with Crippen molar-refractivity contribution in [1.29, 1.82) is 0 Å². The zero-order valence-corrected chi connectivity index (χ0v) is 11.5. The van der Waals surface area contributed by atoms with Crippen molar-refractivity contribution in [2.45, 2.75) is 31.7 Å². The monoisotopic (exact) mass is 282 g/mol. The lowest BCUT2D eigenvalue weighted by atomic mass is 10.2. The molecule has 104 valence electrons. The molecule has 0 aromatic carbocycles. The maximum absolute atomic E-state index is 12.1. The maximum atomic E-state index is 12.1. The molecule has 0 radical (unpaired) electrons. The van der Waals surface area contributed by atoms with Gasteiger partial charge in [-0.2, -0.15) is 0 Å². The van der Waals surface area contributed by atoms with Crippen LogP contribution in [0.15, 0.2) is 11.6 Å². The van der Waals surface area contributed by atoms with Crippen molar-refractivity contribution in [3.63, 3.8) is 0 Å². The van der Waals surface area contributed by atoms with Gasteiger partial charge in [-0.25, -0.2) is 4.98 Å². The minimum absolute atomic E-state index is 0.0160. The quantitative estimate of drug-likeness (QED) is 0.836. The predicted molar refractivity (Wildman–Crippen MR) is 73.8 cm³/mol. The van der Waals surface area contributed by atoms with E-state index >= 15 is 0 Å². The van der Waals surface area contributed by atoms with Gasteiger partial charge >= 0.3 is 0 Å². The van der Waals surface area contributed by atoms with Crippen LogP contribution in [0.3, 0.4) is 0 Å². The number of nitrogens with one attached hydrogen (secondary N) is 1. The molecule has 1 aromatic rings. The van der Waals surface area contributed by atoms with Crippen LogP contribution in [0.2, 0.25) is 0 Å². The lowest BCUT2D eigenvalue weighted by molar-refractivity contribution is -0.136. The largest absolute Gasteiger partial charge is 0.331 e. The number of carbonyl (C=O) groups excluding carboxylic acids is 2. The number of nitrogens with zero attached hydrogens (tertiary/aromatic N) is 2. The number of amides is 2. The summed E-state index contributed by atoms with van der Waals surface area (Å²) in [4.78, 5) is 29.8. The van der Waals surface area contributed by atoms with E-state index in [0.717, 1.165) is 6.42 Å². The van der Waals surface area contributed by atoms with Crippen LogP contribution in [-0.4, -0.2) is 40.8 Å². The highest BCUT2D eigenvalue weighted by Crippen LogP contribution is 2.21. The van der Waals surface area contributed by atoms with Crippen molar-refractivity contribution in [2.75, 3.05) is 18.4 Å². The van der Waals surface area contributed by atoms with Gasteiger partial charge in [0.15, 0.2) is 5.13 Å². The highest BCUT2D eigenvalue weighted by molar-refractivity contribution is 7.13. The van der Waals surface area contributed by atoms with Crippen LogP contribution in [0.1, 0.15) is 25.7 Å². The van der Waals surface area contributed by atoms with Gasteiger partial charge in [0.05, 0.1) is 0 Å². The molecule has 2 rings (SSSR count). The zero-order chi connectivity index (χ0) is 13.7. The highest BCUT2D eigenvalue weighted by Gasteiger charge is 2.33. The maximum Gasteiger partial charge on any atom is 0.248 e. The molecule has 0 bridgehead atoms. The Labute approximate surface area is 116 Å². The van der Waals surface area contributed by atoms with Gasteiger partial charge in [0.2, 0.25) is 11.8 Å². The molecule has 2 heterocycles. The molecule has 1 atom stereocenters. The average Bonchev–Trinajstić information content (AvgIpc) is 3.05. The summed E-state index contributed by atoms with van der Waals surface area (Å²) in [5.41, 5.74) is 5.40. The summed E-state index contributed by atoms with van der Waals surface area (Å²) in [6.07, 6.45) is 4.29. The summed E-state index contributed by atoms with van der Waals surface area (Å²) >= 11 is 1.37. The van der Waals surface area contributed by atoms with Crippen LogP contribution in [0.25, 0.3) is 0 Å². The topological polar surface area (TPSA) is 88.3 Å². The first kappa shape index (κ1) is 14.0. The number of carbonyl (C=O) groups is 2. The van der Waals surface area contributed by atoms with Crippen molar-refractivity contribution in [3.05, 3.63) is 11.6 Å². The Balaban J connectivity index is 1.94. The van der Waals surface area contributed by atoms with Gasteiger partial charge in [-0.1, -0.05) is 0 Å². The van der Waals surface area contributed by atoms with Crippen LogP contribution < -0.4 is 11.1 Å². The third-order valence-corrected chi connectivity index (χ3v) is 3.82. The summed E-state index contributed by atoms with van der Waals surface area (Å²) in [6.45, 7) is 1.15. The molecule has 7 heteroatoms. The number of hydrogen-bond acceptors (Lipinski definition) is 5. The standard InChI is InChI=1S/C12H18N4O2S/c13-5-1-4-10(17)16-7-2-3-9(16)11(18)15-12-14-6-8-19-12/h6,8-9H,1-5,7,13H2,(H,14,15,18). The zero-order valence-electron chi connectivity index (χ0n) is 10.7. The molecule has 6 nitrogen and oxygen atoms in total. The van der Waals surface area contributed by atoms with E-state index in [1.54, 1.807) is 16.5 Å². The van der Waals surface area contributed by atoms with Crippen LogP contribution in [0.5, 0.6) is 0 Å². The molecule has 1 aromatic heterocycles. The molecule has 3 N–H and O–H groups in total. The van der Waals surface area contributed by atoms with Crippen molar-refractivity contribution in [3.8, 4) is 0 Å². The van der Waals surface area contributed by atoms with E-state index in [4.69, 9.17) is 5.73 Å². The first-order valence-corrected chi connectivity index (χ1v) is 7.30. The predicted octanol–water partition coefficient (Wildman–Crippen LogP) is 0.811. The fraction of sp³-hybridized carbons (Fsp3) is 0.583. The Bertz CT molecular complexity index is 435. The van der Waals surface area contributed by atoms with E-state index in [1.807, 2.05) is 0 Å². The lowest BCUT2D eigenvalue weighted by Crippen LogP contribution is -2.43. The van der Waals surface area contributed by atoms with Crippen LogP contribution in [0, 0.1) is 0 Å². The molecule has 0 saturated carbocycles. The normalized spacial score (nSPS) is 18.6. The Kier molecular flexibility index (Phi) is 4.86. The molecular formula is C12H18N4O2S. The Morgan fingerprint density at radius 3 is 3.11 bits per heavy atom. The molecule has 2 amide bonds. The fourth-order valence-electron chi connectivity index (χ4n) is 2.21. The minimum Gasteiger partial charge on any atom is -0.331 e. The van der Waals surface area contributed by atoms with Crippen LogP contribution in [-0.2, 0) is 9.59 Å². The van der Waals surface area contributed by atoms with Crippen molar-refractivity contribution >= 4 is 28.3 Å². The van der Waals surface area contributed by atoms with Gasteiger partial charge in [0, 0.05) is 24.5 Å². The first-order valence-electron chi connectivity index (χ1n) is 6.42. The van der Waals surface area contributed by atoms with E-state index in [0.29, 0.717) is 37.5 Å². The van der Waals surface area contributed by atoms with Gasteiger partial charge in [-0.3, -0.25) is 9.59 Å². The number of rotatable bonds is 5. The third-order valence-electron chi connectivity index (χ3n) is 3.13. The molecule has 0 spiro atoms. The highest BCUT2D eigenvalue weighted by atomic mass is 32.1. The number of anilines is 1. The second-order valence-corrected chi connectivity index (χ2v) is 5.36. The van der Waals surface area contributed by atoms with E-state index in [1.165, 1.54) is 11.3 Å². The van der Waals surface area contributed by atoms with Gasteiger partial charge in [0.1, 0.15) is 6.04 Å². The number of nitrogens with two attached hydrogens (primary N) is 1. The van der Waals surface area contributed by atoms with Gasteiger partial charge < -0.3 is 16.0 Å². The molecule has 19 heavy (non-hydrogen) atoms. The molecular weight excluding hydrogens is 264 g/mol. The molecule has 1 aliphatic heterocycles. The van der Waals surface area contributed by atoms with Crippen LogP contribution >= 0.6 is 11.3 Å². The molecule has 1 saturated heterocycles. The Hall–Kier alpha value is -1.47. The summed E-state index contributed by atoms with van der Waals surface area (Å²) in [7, 11) is 0.